The van der Waals surface area contributed by atoms with Crippen LogP contribution in [0.1, 0.15) is 11.1 Å². The fourth-order valence-corrected chi connectivity index (χ4v) is 2.90. The van der Waals surface area contributed by atoms with Crippen LogP contribution in [0.25, 0.3) is 22.5 Å². The normalized spacial score (nSPS) is 10.8. The molecule has 0 saturated heterocycles. The number of benzene rings is 1. The monoisotopic (exact) mass is 326 g/mol. The van der Waals surface area contributed by atoms with Gasteiger partial charge in [0.15, 0.2) is 0 Å². The van der Waals surface area contributed by atoms with Gasteiger partial charge in [0.25, 0.3) is 0 Å². The predicted octanol–water partition coefficient (Wildman–Crippen LogP) is 4.36. The number of pyridine rings is 2. The molecule has 4 heteroatoms. The molecule has 0 aliphatic heterocycles. The molecule has 122 valence electrons. The summed E-state index contributed by atoms with van der Waals surface area (Å²) >= 11 is 0. The summed E-state index contributed by atoms with van der Waals surface area (Å²) in [5.41, 5.74) is 6.47. The summed E-state index contributed by atoms with van der Waals surface area (Å²) in [7, 11) is 0. The predicted molar refractivity (Wildman–Crippen MR) is 99.0 cm³/mol. The van der Waals surface area contributed by atoms with Crippen molar-refractivity contribution in [3.05, 3.63) is 90.5 Å². The van der Waals surface area contributed by atoms with Crippen LogP contribution in [0.5, 0.6) is 0 Å². The van der Waals surface area contributed by atoms with E-state index in [1.54, 1.807) is 6.20 Å². The van der Waals surface area contributed by atoms with Crippen molar-refractivity contribution in [2.75, 3.05) is 0 Å². The van der Waals surface area contributed by atoms with Crippen LogP contribution in [0, 0.1) is 6.92 Å². The zero-order valence-corrected chi connectivity index (χ0v) is 14.0. The van der Waals surface area contributed by atoms with E-state index >= 15 is 0 Å². The number of hydrogen-bond acceptors (Lipinski definition) is 3. The summed E-state index contributed by atoms with van der Waals surface area (Å²) in [5, 5.41) is 4.70. The highest BCUT2D eigenvalue weighted by atomic mass is 15.3. The molecule has 0 N–H and O–H groups in total. The Bertz CT molecular complexity index is 989. The molecule has 0 aliphatic carbocycles. The van der Waals surface area contributed by atoms with E-state index in [2.05, 4.69) is 53.3 Å². The van der Waals surface area contributed by atoms with Gasteiger partial charge in [-0.15, -0.1) is 0 Å². The Morgan fingerprint density at radius 2 is 1.80 bits per heavy atom. The van der Waals surface area contributed by atoms with E-state index < -0.39 is 0 Å². The first-order chi connectivity index (χ1) is 12.3. The largest absolute Gasteiger partial charge is 0.268 e. The third-order valence-electron chi connectivity index (χ3n) is 4.15. The third kappa shape index (κ3) is 3.33. The SMILES string of the molecule is Cc1cccnc1-c1cccc(-c2ccn(Cc3cccnc3)n2)c1. The summed E-state index contributed by atoms with van der Waals surface area (Å²) in [6, 6.07) is 18.5. The van der Waals surface area contributed by atoms with Crippen LogP contribution in [-0.4, -0.2) is 19.7 Å². The van der Waals surface area contributed by atoms with Crippen molar-refractivity contribution < 1.29 is 0 Å². The molecular formula is C21H18N4. The van der Waals surface area contributed by atoms with Crippen LogP contribution in [0.15, 0.2) is 79.4 Å². The molecule has 3 heterocycles. The molecule has 4 nitrogen and oxygen atoms in total. The van der Waals surface area contributed by atoms with Crippen LogP contribution in [-0.2, 0) is 6.54 Å². The van der Waals surface area contributed by atoms with Gasteiger partial charge in [-0.1, -0.05) is 30.3 Å². The van der Waals surface area contributed by atoms with E-state index in [0.29, 0.717) is 6.54 Å². The molecule has 0 bridgehead atoms. The van der Waals surface area contributed by atoms with Crippen molar-refractivity contribution in [3.63, 3.8) is 0 Å². The summed E-state index contributed by atoms with van der Waals surface area (Å²) in [4.78, 5) is 8.66. The second kappa shape index (κ2) is 6.69. The molecule has 0 spiro atoms. The molecule has 0 amide bonds. The number of aryl methyl sites for hydroxylation is 1. The Balaban J connectivity index is 1.63. The average Bonchev–Trinajstić information content (AvgIpc) is 3.12. The Hall–Kier alpha value is -3.27. The minimum atomic E-state index is 0.715. The summed E-state index contributed by atoms with van der Waals surface area (Å²) in [6.07, 6.45) is 7.48. The van der Waals surface area contributed by atoms with Gasteiger partial charge in [0, 0.05) is 35.9 Å². The number of aromatic nitrogens is 4. The molecule has 3 aromatic heterocycles. The Labute approximate surface area is 146 Å². The van der Waals surface area contributed by atoms with Gasteiger partial charge in [-0.3, -0.25) is 14.6 Å². The van der Waals surface area contributed by atoms with Gasteiger partial charge in [-0.25, -0.2) is 0 Å². The maximum absolute atomic E-state index is 4.70. The van der Waals surface area contributed by atoms with Crippen LogP contribution in [0.2, 0.25) is 0 Å². The van der Waals surface area contributed by atoms with Gasteiger partial charge in [-0.2, -0.15) is 5.10 Å². The lowest BCUT2D eigenvalue weighted by atomic mass is 10.0. The molecule has 4 rings (SSSR count). The van der Waals surface area contributed by atoms with E-state index in [1.165, 1.54) is 5.56 Å². The van der Waals surface area contributed by atoms with Crippen molar-refractivity contribution in [2.45, 2.75) is 13.5 Å². The fourth-order valence-electron chi connectivity index (χ4n) is 2.90. The minimum Gasteiger partial charge on any atom is -0.268 e. The van der Waals surface area contributed by atoms with E-state index in [1.807, 2.05) is 41.5 Å². The molecule has 4 aromatic rings. The summed E-state index contributed by atoms with van der Waals surface area (Å²) in [5.74, 6) is 0. The Kier molecular flexibility index (Phi) is 4.09. The zero-order valence-electron chi connectivity index (χ0n) is 14.0. The molecule has 1 aromatic carbocycles. The quantitative estimate of drug-likeness (QED) is 0.559. The number of rotatable bonds is 4. The van der Waals surface area contributed by atoms with E-state index in [4.69, 9.17) is 5.10 Å². The molecule has 0 fully saturated rings. The Morgan fingerprint density at radius 3 is 2.64 bits per heavy atom. The summed E-state index contributed by atoms with van der Waals surface area (Å²) in [6.45, 7) is 2.80. The van der Waals surface area contributed by atoms with E-state index in [-0.39, 0.29) is 0 Å². The molecular weight excluding hydrogens is 308 g/mol. The van der Waals surface area contributed by atoms with Crippen molar-refractivity contribution in [1.29, 1.82) is 0 Å². The number of hydrogen-bond donors (Lipinski definition) is 0. The first-order valence-corrected chi connectivity index (χ1v) is 8.24. The first-order valence-electron chi connectivity index (χ1n) is 8.24. The minimum absolute atomic E-state index is 0.715. The molecule has 0 aliphatic rings. The third-order valence-corrected chi connectivity index (χ3v) is 4.15. The van der Waals surface area contributed by atoms with Crippen molar-refractivity contribution >= 4 is 0 Å². The molecule has 25 heavy (non-hydrogen) atoms. The van der Waals surface area contributed by atoms with E-state index in [0.717, 1.165) is 28.1 Å². The molecule has 0 atom stereocenters. The highest BCUT2D eigenvalue weighted by molar-refractivity contribution is 5.70. The lowest BCUT2D eigenvalue weighted by Crippen LogP contribution is -2.00. The smallest absolute Gasteiger partial charge is 0.0923 e. The molecule has 0 saturated carbocycles. The first kappa shape index (κ1) is 15.3. The van der Waals surface area contributed by atoms with Crippen molar-refractivity contribution in [3.8, 4) is 22.5 Å². The maximum atomic E-state index is 4.70. The second-order valence-corrected chi connectivity index (χ2v) is 6.01. The van der Waals surface area contributed by atoms with Gasteiger partial charge in [0.2, 0.25) is 0 Å². The zero-order chi connectivity index (χ0) is 17.1. The second-order valence-electron chi connectivity index (χ2n) is 6.01. The Morgan fingerprint density at radius 1 is 0.920 bits per heavy atom. The fraction of sp³-hybridized carbons (Fsp3) is 0.0952. The average molecular weight is 326 g/mol. The lowest BCUT2D eigenvalue weighted by Gasteiger charge is -2.06. The van der Waals surface area contributed by atoms with Gasteiger partial charge in [0.1, 0.15) is 0 Å². The lowest BCUT2D eigenvalue weighted by molar-refractivity contribution is 0.687. The summed E-state index contributed by atoms with van der Waals surface area (Å²) < 4.78 is 1.94. The van der Waals surface area contributed by atoms with Gasteiger partial charge >= 0.3 is 0 Å². The highest BCUT2D eigenvalue weighted by Gasteiger charge is 2.07. The van der Waals surface area contributed by atoms with Gasteiger partial charge in [-0.05, 0) is 42.3 Å². The van der Waals surface area contributed by atoms with Gasteiger partial charge in [0.05, 0.1) is 17.9 Å². The van der Waals surface area contributed by atoms with Gasteiger partial charge < -0.3 is 0 Å². The van der Waals surface area contributed by atoms with E-state index in [9.17, 15) is 0 Å². The van der Waals surface area contributed by atoms with Crippen molar-refractivity contribution in [1.82, 2.24) is 19.7 Å². The highest BCUT2D eigenvalue weighted by Crippen LogP contribution is 2.26. The molecule has 0 radical (unpaired) electrons. The van der Waals surface area contributed by atoms with Crippen LogP contribution >= 0.6 is 0 Å². The van der Waals surface area contributed by atoms with Crippen LogP contribution < -0.4 is 0 Å². The number of nitrogens with zero attached hydrogens (tertiary/aromatic N) is 4. The standard InChI is InChI=1S/C21H18N4/c1-16-5-3-11-23-21(16)19-8-2-7-18(13-19)20-9-12-25(24-20)15-17-6-4-10-22-14-17/h2-14H,15H2,1H3. The maximum Gasteiger partial charge on any atom is 0.0923 e. The van der Waals surface area contributed by atoms with Crippen LogP contribution in [0.3, 0.4) is 0 Å². The van der Waals surface area contributed by atoms with Crippen LogP contribution in [0.4, 0.5) is 0 Å². The van der Waals surface area contributed by atoms with Crippen molar-refractivity contribution in [2.24, 2.45) is 0 Å². The topological polar surface area (TPSA) is 43.6 Å². The molecule has 0 unspecified atom stereocenters.